The molecule has 64 valence electrons. The van der Waals surface area contributed by atoms with Gasteiger partial charge in [-0.15, -0.1) is 9.35 Å². The van der Waals surface area contributed by atoms with Gasteiger partial charge >= 0.3 is 5.82 Å². The van der Waals surface area contributed by atoms with Crippen LogP contribution < -0.4 is 28.8 Å². The van der Waals surface area contributed by atoms with E-state index in [4.69, 9.17) is 11.7 Å². The molecule has 0 aliphatic rings. The molecule has 5 heteroatoms. The Morgan fingerprint density at radius 3 is 2.64 bits per heavy atom. The highest BCUT2D eigenvalue weighted by Gasteiger charge is 2.10. The minimum absolute atomic E-state index is 0. The molecule has 1 aromatic rings. The molecular weight excluding hydrogens is 164 g/mol. The first-order chi connectivity index (χ1) is 4.75. The van der Waals surface area contributed by atoms with Gasteiger partial charge in [-0.25, -0.2) is 0 Å². The Labute approximate surface area is 72.1 Å². The molecule has 0 aliphatic carbocycles. The summed E-state index contributed by atoms with van der Waals surface area (Å²) >= 11 is 0. The summed E-state index contributed by atoms with van der Waals surface area (Å²) in [6, 6.07) is 0. The SMILES string of the molecule is CCCc1n(N)cc[n+]1N.[Cl-]. The average molecular weight is 177 g/mol. The second-order valence-corrected chi connectivity index (χ2v) is 2.28. The van der Waals surface area contributed by atoms with Crippen molar-refractivity contribution in [3.63, 3.8) is 0 Å². The molecule has 0 fully saturated rings. The summed E-state index contributed by atoms with van der Waals surface area (Å²) in [5, 5.41) is 0. The number of hydrogen-bond donors (Lipinski definition) is 2. The van der Waals surface area contributed by atoms with Crippen molar-refractivity contribution in [1.82, 2.24) is 4.68 Å². The van der Waals surface area contributed by atoms with Crippen molar-refractivity contribution >= 4 is 0 Å². The molecule has 11 heavy (non-hydrogen) atoms. The fourth-order valence-electron chi connectivity index (χ4n) is 0.931. The van der Waals surface area contributed by atoms with Crippen LogP contribution in [0.5, 0.6) is 0 Å². The lowest BCUT2D eigenvalue weighted by atomic mass is 10.3. The predicted molar refractivity (Wildman–Crippen MR) is 38.9 cm³/mol. The summed E-state index contributed by atoms with van der Waals surface area (Å²) in [5.41, 5.74) is 0. The zero-order valence-corrected chi connectivity index (χ0v) is 7.25. The van der Waals surface area contributed by atoms with E-state index in [9.17, 15) is 0 Å². The maximum atomic E-state index is 5.54. The molecule has 0 aromatic carbocycles. The lowest BCUT2D eigenvalue weighted by molar-refractivity contribution is -0.646. The Morgan fingerprint density at radius 1 is 1.64 bits per heavy atom. The number of rotatable bonds is 2. The fourth-order valence-corrected chi connectivity index (χ4v) is 0.931. The zero-order valence-electron chi connectivity index (χ0n) is 6.50. The van der Waals surface area contributed by atoms with Crippen molar-refractivity contribution in [2.24, 2.45) is 0 Å². The second-order valence-electron chi connectivity index (χ2n) is 2.28. The number of hydrogen-bond acceptors (Lipinski definition) is 2. The van der Waals surface area contributed by atoms with Gasteiger partial charge in [0.15, 0.2) is 12.4 Å². The average Bonchev–Trinajstić information content (AvgIpc) is 2.20. The maximum absolute atomic E-state index is 5.54. The van der Waals surface area contributed by atoms with Crippen molar-refractivity contribution in [3.8, 4) is 0 Å². The van der Waals surface area contributed by atoms with Crippen LogP contribution in [0.25, 0.3) is 0 Å². The lowest BCUT2D eigenvalue weighted by Crippen LogP contribution is -3.00. The van der Waals surface area contributed by atoms with Crippen molar-refractivity contribution in [2.45, 2.75) is 19.8 Å². The Bertz CT molecular complexity index is 201. The summed E-state index contributed by atoms with van der Waals surface area (Å²) in [7, 11) is 0. The smallest absolute Gasteiger partial charge is 0.302 e. The van der Waals surface area contributed by atoms with Crippen molar-refractivity contribution < 1.29 is 17.1 Å². The number of aromatic nitrogens is 2. The van der Waals surface area contributed by atoms with Gasteiger partial charge in [0, 0.05) is 0 Å². The summed E-state index contributed by atoms with van der Waals surface area (Å²) in [4.78, 5) is 0. The zero-order chi connectivity index (χ0) is 7.56. The number of imidazole rings is 1. The third-order valence-electron chi connectivity index (χ3n) is 1.46. The largest absolute Gasteiger partial charge is 1.00 e. The van der Waals surface area contributed by atoms with Gasteiger partial charge in [0.1, 0.15) is 0 Å². The summed E-state index contributed by atoms with van der Waals surface area (Å²) in [6.07, 6.45) is 5.45. The van der Waals surface area contributed by atoms with E-state index in [0.717, 1.165) is 18.7 Å². The van der Waals surface area contributed by atoms with Gasteiger partial charge in [-0.05, 0) is 6.42 Å². The third kappa shape index (κ3) is 2.01. The summed E-state index contributed by atoms with van der Waals surface area (Å²) in [5.74, 6) is 12.0. The first kappa shape index (κ1) is 10.1. The Kier molecular flexibility index (Phi) is 3.74. The Balaban J connectivity index is 0.000001000. The molecule has 0 unspecified atom stereocenters. The molecule has 1 aromatic heterocycles. The van der Waals surface area contributed by atoms with Crippen LogP contribution in [0.15, 0.2) is 12.4 Å². The molecule has 0 aliphatic heterocycles. The molecule has 4 N–H and O–H groups in total. The summed E-state index contributed by atoms with van der Waals surface area (Å²) < 4.78 is 3.09. The number of nitrogens with zero attached hydrogens (tertiary/aromatic N) is 2. The van der Waals surface area contributed by atoms with Crippen molar-refractivity contribution in [2.75, 3.05) is 11.7 Å². The Hall–Kier alpha value is -0.900. The van der Waals surface area contributed by atoms with Crippen LogP contribution in [0.1, 0.15) is 19.2 Å². The van der Waals surface area contributed by atoms with Crippen molar-refractivity contribution in [3.05, 3.63) is 18.2 Å². The monoisotopic (exact) mass is 176 g/mol. The van der Waals surface area contributed by atoms with Crippen LogP contribution in [0.3, 0.4) is 0 Å². The maximum Gasteiger partial charge on any atom is 0.302 e. The van der Waals surface area contributed by atoms with Crippen LogP contribution in [-0.2, 0) is 6.42 Å². The first-order valence-electron chi connectivity index (χ1n) is 3.37. The third-order valence-corrected chi connectivity index (χ3v) is 1.46. The minimum atomic E-state index is 0. The highest BCUT2D eigenvalue weighted by Crippen LogP contribution is 1.92. The molecule has 0 saturated heterocycles. The normalized spacial score (nSPS) is 9.18. The van der Waals surface area contributed by atoms with Crippen LogP contribution in [0.4, 0.5) is 0 Å². The van der Waals surface area contributed by atoms with E-state index >= 15 is 0 Å². The van der Waals surface area contributed by atoms with Gasteiger partial charge in [-0.1, -0.05) is 6.92 Å². The van der Waals surface area contributed by atoms with E-state index in [-0.39, 0.29) is 12.4 Å². The van der Waals surface area contributed by atoms with E-state index in [1.54, 1.807) is 21.7 Å². The molecule has 0 atom stereocenters. The van der Waals surface area contributed by atoms with Gasteiger partial charge in [0.05, 0.1) is 6.42 Å². The highest BCUT2D eigenvalue weighted by molar-refractivity contribution is 4.82. The van der Waals surface area contributed by atoms with Gasteiger partial charge < -0.3 is 12.4 Å². The van der Waals surface area contributed by atoms with Crippen LogP contribution in [0, 0.1) is 0 Å². The predicted octanol–water partition coefficient (Wildman–Crippen LogP) is -3.84. The molecular formula is C6H13ClN4. The van der Waals surface area contributed by atoms with Gasteiger partial charge in [-0.3, -0.25) is 11.7 Å². The van der Waals surface area contributed by atoms with E-state index in [1.165, 1.54) is 0 Å². The van der Waals surface area contributed by atoms with Crippen LogP contribution in [-0.4, -0.2) is 4.68 Å². The standard InChI is InChI=1S/C6H13N4.ClH/c1-2-3-6-9(7)4-5-10(6)8;/h4-5H,2-3,7-8H2,1H3;1H/q+1;/p-1. The Morgan fingerprint density at radius 2 is 2.27 bits per heavy atom. The van der Waals surface area contributed by atoms with E-state index in [0.29, 0.717) is 0 Å². The molecule has 1 rings (SSSR count). The number of nitrogen functional groups attached to an aromatic ring is 2. The van der Waals surface area contributed by atoms with Gasteiger partial charge in [0.25, 0.3) is 0 Å². The molecule has 0 amide bonds. The molecule has 0 bridgehead atoms. The summed E-state index contributed by atoms with van der Waals surface area (Å²) in [6.45, 7) is 2.09. The topological polar surface area (TPSA) is 60.8 Å². The minimum Gasteiger partial charge on any atom is -1.00 e. The molecule has 1 heterocycles. The molecule has 0 saturated carbocycles. The second kappa shape index (κ2) is 4.08. The fraction of sp³-hybridized carbons (Fsp3) is 0.500. The number of nitrogens with two attached hydrogens (primary N) is 2. The van der Waals surface area contributed by atoms with Crippen LogP contribution >= 0.6 is 0 Å². The lowest BCUT2D eigenvalue weighted by Gasteiger charge is -1.92. The molecule has 0 spiro atoms. The van der Waals surface area contributed by atoms with E-state index < -0.39 is 0 Å². The van der Waals surface area contributed by atoms with Gasteiger partial charge in [0.2, 0.25) is 0 Å². The quantitative estimate of drug-likeness (QED) is 0.358. The molecule has 0 radical (unpaired) electrons. The van der Waals surface area contributed by atoms with E-state index in [1.807, 2.05) is 0 Å². The van der Waals surface area contributed by atoms with Gasteiger partial charge in [-0.2, -0.15) is 0 Å². The van der Waals surface area contributed by atoms with E-state index in [2.05, 4.69) is 6.92 Å². The first-order valence-corrected chi connectivity index (χ1v) is 3.37. The highest BCUT2D eigenvalue weighted by atomic mass is 35.5. The molecule has 4 nitrogen and oxygen atoms in total. The number of halogens is 1. The van der Waals surface area contributed by atoms with Crippen LogP contribution in [0.2, 0.25) is 0 Å². The van der Waals surface area contributed by atoms with Crippen molar-refractivity contribution in [1.29, 1.82) is 0 Å².